The van der Waals surface area contributed by atoms with Crippen molar-refractivity contribution in [3.05, 3.63) is 65.0 Å². The predicted octanol–water partition coefficient (Wildman–Crippen LogP) is 2.99. The molecule has 1 aliphatic heterocycles. The summed E-state index contributed by atoms with van der Waals surface area (Å²) in [5.41, 5.74) is 2.69. The molecule has 0 aromatic heterocycles. The number of carbonyl (C=O) groups excluding carboxylic acids is 1. The fourth-order valence-electron chi connectivity index (χ4n) is 2.09. The third-order valence-electron chi connectivity index (χ3n) is 3.02. The lowest BCUT2D eigenvalue weighted by molar-refractivity contribution is 0.0961. The molecule has 0 saturated carbocycles. The highest BCUT2D eigenvalue weighted by atomic mass is 19.1. The van der Waals surface area contributed by atoms with E-state index in [0.717, 1.165) is 11.1 Å². The van der Waals surface area contributed by atoms with Crippen LogP contribution in [-0.4, -0.2) is 12.4 Å². The molecule has 1 aliphatic rings. The van der Waals surface area contributed by atoms with E-state index in [0.29, 0.717) is 17.7 Å². The van der Waals surface area contributed by atoms with Gasteiger partial charge in [-0.2, -0.15) is 0 Å². The van der Waals surface area contributed by atoms with Crippen LogP contribution in [0.25, 0.3) is 0 Å². The Labute approximate surface area is 104 Å². The summed E-state index contributed by atoms with van der Waals surface area (Å²) in [5.74, 6) is 0.435. The number of benzene rings is 2. The highest BCUT2D eigenvalue weighted by Crippen LogP contribution is 2.26. The van der Waals surface area contributed by atoms with Gasteiger partial charge in [-0.25, -0.2) is 4.39 Å². The van der Waals surface area contributed by atoms with Gasteiger partial charge in [0.15, 0.2) is 6.61 Å². The number of carbonyl (C=O) groups is 1. The fourth-order valence-corrected chi connectivity index (χ4v) is 2.09. The molecule has 0 bridgehead atoms. The minimum Gasteiger partial charge on any atom is -0.485 e. The van der Waals surface area contributed by atoms with Gasteiger partial charge in [-0.3, -0.25) is 4.79 Å². The molecule has 0 radical (unpaired) electrons. The van der Waals surface area contributed by atoms with E-state index in [-0.39, 0.29) is 18.2 Å². The summed E-state index contributed by atoms with van der Waals surface area (Å²) in [6.45, 7) is 0.134. The van der Waals surface area contributed by atoms with E-state index < -0.39 is 0 Å². The molecule has 2 aromatic rings. The van der Waals surface area contributed by atoms with Gasteiger partial charge in [-0.05, 0) is 41.8 Å². The van der Waals surface area contributed by atoms with Crippen LogP contribution < -0.4 is 4.74 Å². The van der Waals surface area contributed by atoms with Crippen molar-refractivity contribution >= 4 is 5.78 Å². The highest BCUT2D eigenvalue weighted by molar-refractivity contribution is 6.02. The van der Waals surface area contributed by atoms with Crippen molar-refractivity contribution in [3.63, 3.8) is 0 Å². The van der Waals surface area contributed by atoms with Crippen molar-refractivity contribution in [3.8, 4) is 5.75 Å². The Morgan fingerprint density at radius 3 is 2.56 bits per heavy atom. The number of hydrogen-bond donors (Lipinski definition) is 0. The molecule has 0 unspecified atom stereocenters. The van der Waals surface area contributed by atoms with Gasteiger partial charge in [-0.15, -0.1) is 0 Å². The van der Waals surface area contributed by atoms with Gasteiger partial charge in [0.25, 0.3) is 0 Å². The van der Waals surface area contributed by atoms with Crippen molar-refractivity contribution < 1.29 is 13.9 Å². The molecule has 0 N–H and O–H groups in total. The average molecular weight is 242 g/mol. The molecule has 0 spiro atoms. The van der Waals surface area contributed by atoms with E-state index >= 15 is 0 Å². The van der Waals surface area contributed by atoms with E-state index in [1.165, 1.54) is 12.1 Å². The van der Waals surface area contributed by atoms with Crippen LogP contribution in [0.5, 0.6) is 5.75 Å². The lowest BCUT2D eigenvalue weighted by atomic mass is 10.0. The van der Waals surface area contributed by atoms with Crippen molar-refractivity contribution in [2.45, 2.75) is 6.42 Å². The zero-order valence-corrected chi connectivity index (χ0v) is 9.65. The second-order valence-corrected chi connectivity index (χ2v) is 4.35. The number of ether oxygens (including phenoxy) is 1. The van der Waals surface area contributed by atoms with Crippen LogP contribution in [0.4, 0.5) is 4.39 Å². The van der Waals surface area contributed by atoms with Crippen LogP contribution in [0.2, 0.25) is 0 Å². The molecule has 3 heteroatoms. The van der Waals surface area contributed by atoms with Crippen molar-refractivity contribution in [1.82, 2.24) is 0 Å². The minimum absolute atomic E-state index is 0.0194. The second-order valence-electron chi connectivity index (χ2n) is 4.35. The molecule has 0 amide bonds. The topological polar surface area (TPSA) is 26.3 Å². The quantitative estimate of drug-likeness (QED) is 0.809. The van der Waals surface area contributed by atoms with Gasteiger partial charge in [0.1, 0.15) is 11.6 Å². The first-order valence-electron chi connectivity index (χ1n) is 5.76. The normalized spacial score (nSPS) is 13.3. The maximum Gasteiger partial charge on any atom is 0.203 e. The van der Waals surface area contributed by atoms with Crippen LogP contribution in [0.3, 0.4) is 0 Å². The van der Waals surface area contributed by atoms with Crippen molar-refractivity contribution in [2.75, 3.05) is 6.61 Å². The van der Waals surface area contributed by atoms with Gasteiger partial charge in [0, 0.05) is 0 Å². The Balaban J connectivity index is 1.87. The summed E-state index contributed by atoms with van der Waals surface area (Å²) in [7, 11) is 0. The zero-order chi connectivity index (χ0) is 12.5. The van der Waals surface area contributed by atoms with Crippen LogP contribution in [0.15, 0.2) is 42.5 Å². The maximum atomic E-state index is 12.8. The number of rotatable bonds is 2. The number of fused-ring (bicyclic) bond motifs is 1. The van der Waals surface area contributed by atoms with Crippen molar-refractivity contribution in [1.29, 1.82) is 0 Å². The summed E-state index contributed by atoms with van der Waals surface area (Å²) in [6, 6.07) is 12.0. The Kier molecular flexibility index (Phi) is 2.59. The molecular weight excluding hydrogens is 231 g/mol. The Hall–Kier alpha value is -2.16. The van der Waals surface area contributed by atoms with Gasteiger partial charge in [0.2, 0.25) is 5.78 Å². The van der Waals surface area contributed by atoms with E-state index in [9.17, 15) is 9.18 Å². The summed E-state index contributed by atoms with van der Waals surface area (Å²) in [6.07, 6.45) is 0.681. The molecule has 0 saturated heterocycles. The molecule has 0 atom stereocenters. The summed E-state index contributed by atoms with van der Waals surface area (Å²) < 4.78 is 18.0. The minimum atomic E-state index is -0.240. The smallest absolute Gasteiger partial charge is 0.203 e. The molecule has 0 fully saturated rings. The molecule has 2 nitrogen and oxygen atoms in total. The molecular formula is C15H11FO2. The summed E-state index contributed by atoms with van der Waals surface area (Å²) in [5, 5.41) is 0. The second kappa shape index (κ2) is 4.26. The SMILES string of the molecule is O=C1COc2ccc(Cc3ccc(F)cc3)cc21. The van der Waals surface area contributed by atoms with Crippen molar-refractivity contribution in [2.24, 2.45) is 0 Å². The molecule has 1 heterocycles. The standard InChI is InChI=1S/C15H11FO2/c16-12-4-1-10(2-5-12)7-11-3-6-15-13(8-11)14(17)9-18-15/h1-6,8H,7,9H2. The lowest BCUT2D eigenvalue weighted by Crippen LogP contribution is -1.99. The largest absolute Gasteiger partial charge is 0.485 e. The van der Waals surface area contributed by atoms with E-state index in [1.807, 2.05) is 18.2 Å². The van der Waals surface area contributed by atoms with E-state index in [2.05, 4.69) is 0 Å². The molecule has 3 rings (SSSR count). The highest BCUT2D eigenvalue weighted by Gasteiger charge is 2.20. The molecule has 2 aromatic carbocycles. The van der Waals surface area contributed by atoms with Gasteiger partial charge in [-0.1, -0.05) is 18.2 Å². The Morgan fingerprint density at radius 2 is 1.78 bits per heavy atom. The number of Topliss-reactive ketones (excluding diaryl/α,β-unsaturated/α-hetero) is 1. The maximum absolute atomic E-state index is 12.8. The molecule has 18 heavy (non-hydrogen) atoms. The van der Waals surface area contributed by atoms with Crippen LogP contribution in [-0.2, 0) is 6.42 Å². The first-order chi connectivity index (χ1) is 8.72. The van der Waals surface area contributed by atoms with Crippen LogP contribution in [0, 0.1) is 5.82 Å². The zero-order valence-electron chi connectivity index (χ0n) is 9.65. The number of ketones is 1. The molecule has 0 aliphatic carbocycles. The number of halogens is 1. The Bertz CT molecular complexity index is 602. The van der Waals surface area contributed by atoms with Gasteiger partial charge < -0.3 is 4.74 Å². The summed E-state index contributed by atoms with van der Waals surface area (Å²) in [4.78, 5) is 11.5. The third kappa shape index (κ3) is 1.99. The third-order valence-corrected chi connectivity index (χ3v) is 3.02. The predicted molar refractivity (Wildman–Crippen MR) is 65.5 cm³/mol. The van der Waals surface area contributed by atoms with Crippen LogP contribution in [0.1, 0.15) is 21.5 Å². The first kappa shape index (κ1) is 11.0. The van der Waals surface area contributed by atoms with Gasteiger partial charge >= 0.3 is 0 Å². The first-order valence-corrected chi connectivity index (χ1v) is 5.76. The van der Waals surface area contributed by atoms with Gasteiger partial charge in [0.05, 0.1) is 5.56 Å². The van der Waals surface area contributed by atoms with E-state index in [1.54, 1.807) is 12.1 Å². The Morgan fingerprint density at radius 1 is 1.06 bits per heavy atom. The monoisotopic (exact) mass is 242 g/mol. The molecule has 90 valence electrons. The number of hydrogen-bond acceptors (Lipinski definition) is 2. The fraction of sp³-hybridized carbons (Fsp3) is 0.133. The summed E-state index contributed by atoms with van der Waals surface area (Å²) >= 11 is 0. The lowest BCUT2D eigenvalue weighted by Gasteiger charge is -2.04. The van der Waals surface area contributed by atoms with Crippen LogP contribution >= 0.6 is 0 Å². The average Bonchev–Trinajstić information content (AvgIpc) is 2.74. The van der Waals surface area contributed by atoms with E-state index in [4.69, 9.17) is 4.74 Å².